The lowest BCUT2D eigenvalue weighted by atomic mass is 10.0. The largest absolute Gasteiger partial charge is 0.493 e. The van der Waals surface area contributed by atoms with Crippen LogP contribution in [-0.4, -0.2) is 16.5 Å². The van der Waals surface area contributed by atoms with Gasteiger partial charge in [0.05, 0.1) is 18.3 Å². The van der Waals surface area contributed by atoms with Crippen LogP contribution in [0.1, 0.15) is 18.0 Å². The average Bonchev–Trinajstić information content (AvgIpc) is 2.48. The molecule has 6 nitrogen and oxygen atoms in total. The van der Waals surface area contributed by atoms with Gasteiger partial charge < -0.3 is 20.2 Å². The number of hydrogen-bond donors (Lipinski definition) is 1. The van der Waals surface area contributed by atoms with Crippen LogP contribution in [0.2, 0.25) is 0 Å². The van der Waals surface area contributed by atoms with Gasteiger partial charge in [0.15, 0.2) is 6.20 Å². The first kappa shape index (κ1) is 12.4. The molecule has 0 saturated heterocycles. The van der Waals surface area contributed by atoms with Crippen LogP contribution in [0.3, 0.4) is 0 Å². The summed E-state index contributed by atoms with van der Waals surface area (Å²) in [5.41, 5.74) is 1.86. The number of benzene rings is 1. The normalized spacial score (nSPS) is 16.9. The van der Waals surface area contributed by atoms with Gasteiger partial charge >= 0.3 is 5.82 Å². The Balaban J connectivity index is 1.80. The molecule has 6 heteroatoms. The van der Waals surface area contributed by atoms with Gasteiger partial charge in [-0.3, -0.25) is 0 Å². The first-order valence-electron chi connectivity index (χ1n) is 6.33. The van der Waals surface area contributed by atoms with Gasteiger partial charge in [0, 0.05) is 18.1 Å². The number of pyridine rings is 1. The summed E-state index contributed by atoms with van der Waals surface area (Å²) < 4.78 is 5.60. The van der Waals surface area contributed by atoms with Crippen LogP contribution in [0, 0.1) is 10.1 Å². The molecule has 20 heavy (non-hydrogen) atoms. The van der Waals surface area contributed by atoms with Gasteiger partial charge in [0.1, 0.15) is 5.75 Å². The van der Waals surface area contributed by atoms with E-state index in [1.807, 2.05) is 24.3 Å². The van der Waals surface area contributed by atoms with E-state index in [2.05, 4.69) is 10.3 Å². The third-order valence-electron chi connectivity index (χ3n) is 3.23. The first-order valence-corrected chi connectivity index (χ1v) is 6.33. The number of hydrogen-bond acceptors (Lipinski definition) is 5. The lowest BCUT2D eigenvalue weighted by Gasteiger charge is -2.26. The number of nitrogens with one attached hydrogen (secondary N) is 1. The molecule has 2 aromatic rings. The minimum Gasteiger partial charge on any atom is -0.493 e. The van der Waals surface area contributed by atoms with Gasteiger partial charge in [-0.1, -0.05) is 18.2 Å². The highest BCUT2D eigenvalue weighted by Crippen LogP contribution is 2.33. The molecule has 0 aliphatic carbocycles. The topological polar surface area (TPSA) is 77.3 Å². The van der Waals surface area contributed by atoms with Crippen molar-refractivity contribution in [2.24, 2.45) is 0 Å². The van der Waals surface area contributed by atoms with E-state index in [0.717, 1.165) is 23.4 Å². The van der Waals surface area contributed by atoms with Crippen LogP contribution in [-0.2, 0) is 0 Å². The Morgan fingerprint density at radius 2 is 2.15 bits per heavy atom. The standard InChI is InChI=1S/C14H13N3O3/c18-17(19)14-6-5-10(9-15-14)16-12-7-8-20-13-4-2-1-3-11(12)13/h1-6,9,12,16H,7-8H2. The SMILES string of the molecule is O=[N+]([O-])c1ccc(NC2CCOc3ccccc32)cn1. The Morgan fingerprint density at radius 3 is 2.90 bits per heavy atom. The predicted molar refractivity (Wildman–Crippen MR) is 73.8 cm³/mol. The average molecular weight is 271 g/mol. The Hall–Kier alpha value is -2.63. The second kappa shape index (κ2) is 5.16. The van der Waals surface area contributed by atoms with Crippen molar-refractivity contribution in [1.29, 1.82) is 0 Å². The van der Waals surface area contributed by atoms with Gasteiger partial charge in [0.2, 0.25) is 0 Å². The zero-order valence-electron chi connectivity index (χ0n) is 10.7. The summed E-state index contributed by atoms with van der Waals surface area (Å²) >= 11 is 0. The molecule has 1 aliphatic rings. The molecule has 1 N–H and O–H groups in total. The van der Waals surface area contributed by atoms with Crippen molar-refractivity contribution in [3.8, 4) is 5.75 Å². The van der Waals surface area contributed by atoms with Crippen molar-refractivity contribution >= 4 is 11.5 Å². The Bertz CT molecular complexity index is 628. The van der Waals surface area contributed by atoms with Crippen LogP contribution in [0.4, 0.5) is 11.5 Å². The van der Waals surface area contributed by atoms with E-state index in [0.29, 0.717) is 6.61 Å². The summed E-state index contributed by atoms with van der Waals surface area (Å²) in [7, 11) is 0. The highest BCUT2D eigenvalue weighted by molar-refractivity contribution is 5.48. The molecule has 102 valence electrons. The Kier molecular flexibility index (Phi) is 3.20. The molecule has 1 aliphatic heterocycles. The van der Waals surface area contributed by atoms with E-state index in [1.165, 1.54) is 12.3 Å². The van der Waals surface area contributed by atoms with Crippen molar-refractivity contribution in [3.05, 3.63) is 58.3 Å². The maximum atomic E-state index is 10.6. The predicted octanol–water partition coefficient (Wildman–Crippen LogP) is 2.93. The number of nitro groups is 1. The van der Waals surface area contributed by atoms with Crippen LogP contribution in [0.15, 0.2) is 42.6 Å². The smallest absolute Gasteiger partial charge is 0.363 e. The molecule has 2 heterocycles. The summed E-state index contributed by atoms with van der Waals surface area (Å²) in [6, 6.07) is 11.1. The van der Waals surface area contributed by atoms with Crippen LogP contribution >= 0.6 is 0 Å². The second-order valence-corrected chi connectivity index (χ2v) is 4.53. The summed E-state index contributed by atoms with van der Waals surface area (Å²) in [4.78, 5) is 13.9. The third-order valence-corrected chi connectivity index (χ3v) is 3.23. The molecule has 3 rings (SSSR count). The number of nitrogens with zero attached hydrogens (tertiary/aromatic N) is 2. The Morgan fingerprint density at radius 1 is 1.30 bits per heavy atom. The lowest BCUT2D eigenvalue weighted by molar-refractivity contribution is -0.389. The van der Waals surface area contributed by atoms with E-state index in [1.54, 1.807) is 6.07 Å². The molecule has 1 unspecified atom stereocenters. The van der Waals surface area contributed by atoms with Gasteiger partial charge in [0.25, 0.3) is 0 Å². The van der Waals surface area contributed by atoms with E-state index >= 15 is 0 Å². The van der Waals surface area contributed by atoms with Crippen molar-refractivity contribution in [3.63, 3.8) is 0 Å². The number of fused-ring (bicyclic) bond motifs is 1. The summed E-state index contributed by atoms with van der Waals surface area (Å²) in [5, 5.41) is 13.9. The van der Waals surface area contributed by atoms with Crippen LogP contribution in [0.5, 0.6) is 5.75 Å². The van der Waals surface area contributed by atoms with Crippen LogP contribution in [0.25, 0.3) is 0 Å². The monoisotopic (exact) mass is 271 g/mol. The lowest BCUT2D eigenvalue weighted by Crippen LogP contribution is -2.20. The number of ether oxygens (including phenoxy) is 1. The fourth-order valence-corrected chi connectivity index (χ4v) is 2.27. The van der Waals surface area contributed by atoms with Crippen molar-refractivity contribution < 1.29 is 9.66 Å². The highest BCUT2D eigenvalue weighted by Gasteiger charge is 2.21. The molecule has 1 aromatic carbocycles. The van der Waals surface area contributed by atoms with E-state index < -0.39 is 4.92 Å². The van der Waals surface area contributed by atoms with Crippen molar-refractivity contribution in [2.45, 2.75) is 12.5 Å². The molecule has 0 bridgehead atoms. The number of rotatable bonds is 3. The molecular weight excluding hydrogens is 258 g/mol. The minimum absolute atomic E-state index is 0.128. The molecule has 0 fully saturated rings. The molecule has 0 spiro atoms. The molecule has 0 radical (unpaired) electrons. The summed E-state index contributed by atoms with van der Waals surface area (Å²) in [5.74, 6) is 0.731. The number of para-hydroxylation sites is 1. The summed E-state index contributed by atoms with van der Waals surface area (Å²) in [6.07, 6.45) is 2.32. The highest BCUT2D eigenvalue weighted by atomic mass is 16.6. The number of anilines is 1. The van der Waals surface area contributed by atoms with Crippen molar-refractivity contribution in [1.82, 2.24) is 4.98 Å². The minimum atomic E-state index is -0.506. The molecule has 1 atom stereocenters. The van der Waals surface area contributed by atoms with Crippen molar-refractivity contribution in [2.75, 3.05) is 11.9 Å². The number of aromatic nitrogens is 1. The Labute approximate surface area is 115 Å². The van der Waals surface area contributed by atoms with Crippen LogP contribution < -0.4 is 10.1 Å². The van der Waals surface area contributed by atoms with Gasteiger partial charge in [-0.15, -0.1) is 0 Å². The van der Waals surface area contributed by atoms with Gasteiger partial charge in [-0.25, -0.2) is 0 Å². The molecule has 1 aromatic heterocycles. The van der Waals surface area contributed by atoms with E-state index in [-0.39, 0.29) is 11.9 Å². The zero-order valence-corrected chi connectivity index (χ0v) is 10.7. The molecular formula is C14H13N3O3. The third kappa shape index (κ3) is 2.40. The summed E-state index contributed by atoms with van der Waals surface area (Å²) in [6.45, 7) is 0.648. The van der Waals surface area contributed by atoms with Gasteiger partial charge in [-0.05, 0) is 22.0 Å². The van der Waals surface area contributed by atoms with E-state index in [9.17, 15) is 10.1 Å². The maximum absolute atomic E-state index is 10.6. The maximum Gasteiger partial charge on any atom is 0.363 e. The zero-order chi connectivity index (χ0) is 13.9. The first-order chi connectivity index (χ1) is 9.74. The fourth-order valence-electron chi connectivity index (χ4n) is 2.27. The van der Waals surface area contributed by atoms with Gasteiger partial charge in [-0.2, -0.15) is 0 Å². The quantitative estimate of drug-likeness (QED) is 0.686. The fraction of sp³-hybridized carbons (Fsp3) is 0.214. The van der Waals surface area contributed by atoms with E-state index in [4.69, 9.17) is 4.74 Å². The molecule has 0 amide bonds. The molecule has 0 saturated carbocycles. The second-order valence-electron chi connectivity index (χ2n) is 4.53.